The number of quaternary nitrogens is 1. The Hall–Kier alpha value is -2.35. The SMILES string of the molecule is CC(C)(C)NC(=O)C[N+]1(OC(=O)C(F)(F)F)CCC(C(C)(C)S(=O)(=O)c2cccc(C(F)(F)F)c2)CC1. The van der Waals surface area contributed by atoms with Crippen molar-refractivity contribution in [1.82, 2.24) is 5.32 Å². The summed E-state index contributed by atoms with van der Waals surface area (Å²) in [6.07, 6.45) is -10.2. The second-order valence-corrected chi connectivity index (χ2v) is 13.3. The standard InChI is InChI=1S/C23H30F6N2O5S/c1-20(2,3)30-18(32)14-31(36-19(33)23(27,28)29)11-9-15(10-12-31)21(4,5)37(34,35)17-8-6-7-16(13-17)22(24,25)26/h6-8,13,15H,9-12,14H2,1-5H3/p+1. The number of carbonyl (C=O) groups excluding carboxylic acids is 2. The van der Waals surface area contributed by atoms with Crippen molar-refractivity contribution < 1.29 is 53.8 Å². The lowest BCUT2D eigenvalue weighted by Crippen LogP contribution is -2.61. The lowest BCUT2D eigenvalue weighted by molar-refractivity contribution is -1.09. The van der Waals surface area contributed by atoms with Crippen LogP contribution in [0.4, 0.5) is 26.3 Å². The number of piperidine rings is 1. The Bertz CT molecular complexity index is 1120. The number of hydrogen-bond acceptors (Lipinski definition) is 5. The first kappa shape index (κ1) is 30.9. The van der Waals surface area contributed by atoms with Gasteiger partial charge in [0.25, 0.3) is 5.91 Å². The number of sulfone groups is 1. The fourth-order valence-corrected chi connectivity index (χ4v) is 6.15. The van der Waals surface area contributed by atoms with Gasteiger partial charge < -0.3 is 5.32 Å². The zero-order chi connectivity index (χ0) is 28.7. The van der Waals surface area contributed by atoms with E-state index >= 15 is 0 Å². The first-order chi connectivity index (χ1) is 16.5. The lowest BCUT2D eigenvalue weighted by Gasteiger charge is -2.43. The molecular formula is C23H31F6N2O5S+. The summed E-state index contributed by atoms with van der Waals surface area (Å²) < 4.78 is 102. The Balaban J connectivity index is 2.32. The summed E-state index contributed by atoms with van der Waals surface area (Å²) in [4.78, 5) is 28.4. The monoisotopic (exact) mass is 561 g/mol. The Kier molecular flexibility index (Phi) is 8.41. The third-order valence-corrected chi connectivity index (χ3v) is 8.96. The molecule has 0 unspecified atom stereocenters. The van der Waals surface area contributed by atoms with Gasteiger partial charge in [-0.1, -0.05) is 6.07 Å². The van der Waals surface area contributed by atoms with E-state index in [9.17, 15) is 44.3 Å². The fourth-order valence-electron chi connectivity index (χ4n) is 4.33. The van der Waals surface area contributed by atoms with Gasteiger partial charge in [-0.05, 0) is 58.7 Å². The highest BCUT2D eigenvalue weighted by molar-refractivity contribution is 7.92. The topological polar surface area (TPSA) is 89.5 Å². The van der Waals surface area contributed by atoms with Crippen molar-refractivity contribution >= 4 is 21.7 Å². The number of hydroxylamine groups is 3. The molecule has 2 rings (SSSR count). The summed E-state index contributed by atoms with van der Waals surface area (Å²) in [5.41, 5.74) is -1.85. The minimum atomic E-state index is -5.31. The predicted octanol–water partition coefficient (Wildman–Crippen LogP) is 4.42. The number of carbonyl (C=O) groups is 2. The number of amides is 1. The van der Waals surface area contributed by atoms with E-state index in [0.717, 1.165) is 18.2 Å². The second kappa shape index (κ2) is 10.1. The van der Waals surface area contributed by atoms with Crippen molar-refractivity contribution in [3.05, 3.63) is 29.8 Å². The molecule has 1 aliphatic heterocycles. The van der Waals surface area contributed by atoms with Crippen molar-refractivity contribution in [3.8, 4) is 0 Å². The van der Waals surface area contributed by atoms with E-state index in [-0.39, 0.29) is 25.9 Å². The van der Waals surface area contributed by atoms with E-state index in [2.05, 4.69) is 5.32 Å². The highest BCUT2D eigenvalue weighted by Gasteiger charge is 2.53. The van der Waals surface area contributed by atoms with Crippen molar-refractivity contribution in [2.45, 2.75) is 75.0 Å². The van der Waals surface area contributed by atoms with Crippen LogP contribution in [0, 0.1) is 5.92 Å². The zero-order valence-electron chi connectivity index (χ0n) is 21.1. The molecule has 14 heteroatoms. The molecule has 7 nitrogen and oxygen atoms in total. The third-order valence-electron chi connectivity index (χ3n) is 6.37. The minimum absolute atomic E-state index is 0.0703. The summed E-state index contributed by atoms with van der Waals surface area (Å²) in [6.45, 7) is 6.42. The number of rotatable bonds is 6. The lowest BCUT2D eigenvalue weighted by atomic mass is 9.85. The van der Waals surface area contributed by atoms with E-state index in [0.29, 0.717) is 6.07 Å². The maximum atomic E-state index is 13.4. The summed E-state index contributed by atoms with van der Waals surface area (Å²) in [6, 6.07) is 3.33. The fraction of sp³-hybridized carbons (Fsp3) is 0.652. The molecule has 0 bridgehead atoms. The number of halogens is 6. The van der Waals surface area contributed by atoms with Crippen molar-refractivity contribution in [3.63, 3.8) is 0 Å². The maximum absolute atomic E-state index is 13.4. The predicted molar refractivity (Wildman–Crippen MR) is 120 cm³/mol. The maximum Gasteiger partial charge on any atom is 0.497 e. The molecule has 1 aromatic carbocycles. The Labute approximate surface area is 211 Å². The number of nitrogens with one attached hydrogen (secondary N) is 1. The second-order valence-electron chi connectivity index (χ2n) is 10.7. The molecule has 1 aliphatic rings. The van der Waals surface area contributed by atoms with E-state index < -0.39 is 71.9 Å². The van der Waals surface area contributed by atoms with Crippen molar-refractivity contribution in [1.29, 1.82) is 0 Å². The average Bonchev–Trinajstić information content (AvgIpc) is 2.71. The van der Waals surface area contributed by atoms with E-state index in [1.807, 2.05) is 0 Å². The highest BCUT2D eigenvalue weighted by Crippen LogP contribution is 2.41. The molecule has 210 valence electrons. The van der Waals surface area contributed by atoms with Crippen LogP contribution < -0.4 is 5.32 Å². The van der Waals surface area contributed by atoms with Gasteiger partial charge in [-0.25, -0.2) is 13.2 Å². The minimum Gasteiger partial charge on any atom is -0.346 e. The molecule has 1 fully saturated rings. The number of hydrogen-bond donors (Lipinski definition) is 1. The van der Waals surface area contributed by atoms with Crippen LogP contribution in [-0.2, 0) is 30.4 Å². The molecule has 0 radical (unpaired) electrons. The van der Waals surface area contributed by atoms with E-state index in [4.69, 9.17) is 4.84 Å². The van der Waals surface area contributed by atoms with Crippen LogP contribution >= 0.6 is 0 Å². The average molecular weight is 562 g/mol. The highest BCUT2D eigenvalue weighted by atomic mass is 32.2. The molecule has 1 aromatic rings. The Morgan fingerprint density at radius 3 is 2.00 bits per heavy atom. The summed E-state index contributed by atoms with van der Waals surface area (Å²) in [5, 5.41) is 2.59. The number of nitrogens with zero attached hydrogens (tertiary/aromatic N) is 1. The van der Waals surface area contributed by atoms with Crippen LogP contribution in [0.2, 0.25) is 0 Å². The molecular weight excluding hydrogens is 530 g/mol. The van der Waals surface area contributed by atoms with Crippen LogP contribution in [0.5, 0.6) is 0 Å². The van der Waals surface area contributed by atoms with Gasteiger partial charge in [-0.15, -0.1) is 4.65 Å². The zero-order valence-corrected chi connectivity index (χ0v) is 21.9. The molecule has 37 heavy (non-hydrogen) atoms. The van der Waals surface area contributed by atoms with E-state index in [1.165, 1.54) is 13.8 Å². The van der Waals surface area contributed by atoms with Crippen LogP contribution in [0.1, 0.15) is 53.0 Å². The molecule has 0 atom stereocenters. The normalized spacial score (nSPS) is 21.9. The van der Waals surface area contributed by atoms with Gasteiger partial charge in [0.05, 0.1) is 15.2 Å². The van der Waals surface area contributed by atoms with Crippen molar-refractivity contribution in [2.24, 2.45) is 5.92 Å². The smallest absolute Gasteiger partial charge is 0.346 e. The van der Waals surface area contributed by atoms with Gasteiger partial charge in [-0.3, -0.25) is 9.63 Å². The molecule has 0 spiro atoms. The van der Waals surface area contributed by atoms with Gasteiger partial charge in [-0.2, -0.15) is 26.3 Å². The van der Waals surface area contributed by atoms with Crippen LogP contribution in [0.3, 0.4) is 0 Å². The molecule has 1 amide bonds. The van der Waals surface area contributed by atoms with Crippen LogP contribution in [0.25, 0.3) is 0 Å². The van der Waals surface area contributed by atoms with Gasteiger partial charge >= 0.3 is 18.3 Å². The number of likely N-dealkylation sites (tertiary alicyclic amines) is 1. The first-order valence-electron chi connectivity index (χ1n) is 11.4. The van der Waals surface area contributed by atoms with Crippen molar-refractivity contribution in [2.75, 3.05) is 19.6 Å². The molecule has 0 aliphatic carbocycles. The summed E-state index contributed by atoms with van der Waals surface area (Å²) in [5.74, 6) is -3.87. The first-order valence-corrected chi connectivity index (χ1v) is 12.9. The summed E-state index contributed by atoms with van der Waals surface area (Å²) in [7, 11) is -4.33. The third kappa shape index (κ3) is 7.37. The molecule has 1 saturated heterocycles. The molecule has 0 saturated carbocycles. The van der Waals surface area contributed by atoms with Crippen LogP contribution in [0.15, 0.2) is 29.2 Å². The molecule has 1 heterocycles. The Morgan fingerprint density at radius 1 is 1.00 bits per heavy atom. The van der Waals surface area contributed by atoms with E-state index in [1.54, 1.807) is 20.8 Å². The van der Waals surface area contributed by atoms with Gasteiger partial charge in [0, 0.05) is 18.4 Å². The largest absolute Gasteiger partial charge is 0.497 e. The molecule has 0 aromatic heterocycles. The van der Waals surface area contributed by atoms with Gasteiger partial charge in [0.1, 0.15) is 13.1 Å². The number of alkyl halides is 6. The quantitative estimate of drug-likeness (QED) is 0.411. The Morgan fingerprint density at radius 2 is 1.54 bits per heavy atom. The van der Waals surface area contributed by atoms with Gasteiger partial charge in [0.2, 0.25) is 0 Å². The van der Waals surface area contributed by atoms with Gasteiger partial charge in [0.15, 0.2) is 16.4 Å². The summed E-state index contributed by atoms with van der Waals surface area (Å²) >= 11 is 0. The number of benzene rings is 1. The molecule has 1 N–H and O–H groups in total. The van der Waals surface area contributed by atoms with Crippen LogP contribution in [-0.4, -0.2) is 61.0 Å².